The highest BCUT2D eigenvalue weighted by Crippen LogP contribution is 2.57. The van der Waals surface area contributed by atoms with Gasteiger partial charge in [0, 0.05) is 27.6 Å². The van der Waals surface area contributed by atoms with E-state index in [1.807, 2.05) is 30.3 Å². The fourth-order valence-electron chi connectivity index (χ4n) is 7.88. The van der Waals surface area contributed by atoms with Crippen molar-refractivity contribution in [3.05, 3.63) is 198 Å². The third-order valence-corrected chi connectivity index (χ3v) is 10.7. The Hall–Kier alpha value is -6.30. The molecule has 4 nitrogen and oxygen atoms in total. The van der Waals surface area contributed by atoms with Gasteiger partial charge in [-0.2, -0.15) is 4.37 Å². The number of hydrogen-bond acceptors (Lipinski definition) is 5. The highest BCUT2D eigenvalue weighted by molar-refractivity contribution is 7.09. The minimum atomic E-state index is -0.504. The average Bonchev–Trinajstić information content (AvgIpc) is 3.84. The Morgan fingerprint density at radius 1 is 0.540 bits per heavy atom. The van der Waals surface area contributed by atoms with Gasteiger partial charge in [-0.25, -0.2) is 4.98 Å². The largest absolute Gasteiger partial charge is 0.456 e. The summed E-state index contributed by atoms with van der Waals surface area (Å²) in [6, 6.07) is 62.4. The van der Waals surface area contributed by atoms with Crippen LogP contribution in [0.1, 0.15) is 22.3 Å². The second-order valence-corrected chi connectivity index (χ2v) is 13.4. The van der Waals surface area contributed by atoms with E-state index in [9.17, 15) is 0 Å². The molecule has 0 saturated heterocycles. The summed E-state index contributed by atoms with van der Waals surface area (Å²) in [6.07, 6.45) is 0. The third kappa shape index (κ3) is 4.24. The van der Waals surface area contributed by atoms with Crippen LogP contribution in [0, 0.1) is 0 Å². The van der Waals surface area contributed by atoms with Crippen LogP contribution < -0.4 is 4.90 Å². The highest BCUT2D eigenvalue weighted by atomic mass is 32.1. The van der Waals surface area contributed by atoms with E-state index in [1.165, 1.54) is 33.8 Å². The molecule has 0 radical (unpaired) electrons. The van der Waals surface area contributed by atoms with Crippen LogP contribution in [-0.2, 0) is 5.41 Å². The molecule has 0 atom stereocenters. The van der Waals surface area contributed by atoms with E-state index in [0.29, 0.717) is 5.82 Å². The number of hydrogen-bond donors (Lipinski definition) is 0. The summed E-state index contributed by atoms with van der Waals surface area (Å²) < 4.78 is 11.0. The lowest BCUT2D eigenvalue weighted by molar-refractivity contribution is 0.669. The second kappa shape index (κ2) is 11.4. The predicted molar refractivity (Wildman–Crippen MR) is 205 cm³/mol. The number of nitrogens with zero attached hydrogens (tertiary/aromatic N) is 3. The smallest absolute Gasteiger partial charge is 0.174 e. The molecule has 0 saturated carbocycles. The Labute approximate surface area is 293 Å². The fraction of sp³-hybridized carbons (Fsp3) is 0.0222. The summed E-state index contributed by atoms with van der Waals surface area (Å²) in [5.74, 6) is 0.705. The standard InChI is InChI=1S/C45H29N3OS/c1-3-16-31(17-4-1)45(32-18-5-2-6-19-32)36-23-8-10-25-38(36)48(39-26-11-9-24-37(39)45)33-20-13-15-30(29-33)44-46-43(47-50-44)35-22-14-28-41-42(35)34-21-7-12-27-40(34)49-41/h1-29H. The summed E-state index contributed by atoms with van der Waals surface area (Å²) in [7, 11) is 0. The normalized spacial score (nSPS) is 13.3. The maximum Gasteiger partial charge on any atom is 0.174 e. The first-order valence-electron chi connectivity index (χ1n) is 16.8. The number of aromatic nitrogens is 2. The molecule has 1 aliphatic rings. The zero-order valence-corrected chi connectivity index (χ0v) is 27.7. The summed E-state index contributed by atoms with van der Waals surface area (Å²) in [4.78, 5) is 7.51. The van der Waals surface area contributed by atoms with Crippen LogP contribution in [0.15, 0.2) is 180 Å². The van der Waals surface area contributed by atoms with Crippen molar-refractivity contribution >= 4 is 50.5 Å². The molecule has 3 heterocycles. The van der Waals surface area contributed by atoms with Gasteiger partial charge in [0.05, 0.1) is 16.8 Å². The van der Waals surface area contributed by atoms with Crippen molar-refractivity contribution < 1.29 is 4.42 Å². The first kappa shape index (κ1) is 28.7. The Kier molecular flexibility index (Phi) is 6.54. The van der Waals surface area contributed by atoms with E-state index in [4.69, 9.17) is 13.8 Å². The van der Waals surface area contributed by atoms with Gasteiger partial charge in [0.1, 0.15) is 16.2 Å². The van der Waals surface area contributed by atoms with Crippen LogP contribution in [0.2, 0.25) is 0 Å². The van der Waals surface area contributed by atoms with Crippen molar-refractivity contribution in [3.8, 4) is 22.0 Å². The third-order valence-electron chi connectivity index (χ3n) is 9.93. The maximum absolute atomic E-state index is 6.16. The summed E-state index contributed by atoms with van der Waals surface area (Å²) in [5.41, 5.74) is 11.5. The second-order valence-electron chi connectivity index (χ2n) is 12.6. The molecule has 0 bridgehead atoms. The summed E-state index contributed by atoms with van der Waals surface area (Å²) in [6.45, 7) is 0. The highest BCUT2D eigenvalue weighted by Gasteiger charge is 2.46. The van der Waals surface area contributed by atoms with Gasteiger partial charge in [-0.1, -0.05) is 140 Å². The van der Waals surface area contributed by atoms with Gasteiger partial charge in [0.25, 0.3) is 0 Å². The Balaban J connectivity index is 1.13. The van der Waals surface area contributed by atoms with Gasteiger partial charge in [-0.05, 0) is 70.2 Å². The van der Waals surface area contributed by atoms with E-state index in [0.717, 1.165) is 55.1 Å². The molecule has 0 aliphatic carbocycles. The Morgan fingerprint density at radius 3 is 1.86 bits per heavy atom. The van der Waals surface area contributed by atoms with Crippen LogP contribution in [0.4, 0.5) is 17.1 Å². The number of benzene rings is 7. The molecule has 10 rings (SSSR count). The molecule has 2 aromatic heterocycles. The van der Waals surface area contributed by atoms with Crippen molar-refractivity contribution in [1.82, 2.24) is 9.36 Å². The van der Waals surface area contributed by atoms with Gasteiger partial charge < -0.3 is 9.32 Å². The molecule has 5 heteroatoms. The predicted octanol–water partition coefficient (Wildman–Crippen LogP) is 11.9. The van der Waals surface area contributed by atoms with E-state index >= 15 is 0 Å². The van der Waals surface area contributed by atoms with E-state index in [1.54, 1.807) is 0 Å². The Bertz CT molecular complexity index is 2590. The van der Waals surface area contributed by atoms with Gasteiger partial charge in [0.15, 0.2) is 5.82 Å². The lowest BCUT2D eigenvalue weighted by atomic mass is 9.62. The molecular formula is C45H29N3OS. The molecule has 0 spiro atoms. The van der Waals surface area contributed by atoms with Crippen molar-refractivity contribution in [2.24, 2.45) is 0 Å². The number of anilines is 3. The van der Waals surface area contributed by atoms with Crippen LogP contribution in [-0.4, -0.2) is 9.36 Å². The van der Waals surface area contributed by atoms with Crippen LogP contribution >= 0.6 is 11.5 Å². The van der Waals surface area contributed by atoms with Gasteiger partial charge in [-0.3, -0.25) is 0 Å². The monoisotopic (exact) mass is 659 g/mol. The van der Waals surface area contributed by atoms with E-state index < -0.39 is 5.41 Å². The minimum absolute atomic E-state index is 0.504. The lowest BCUT2D eigenvalue weighted by Gasteiger charge is -2.46. The lowest BCUT2D eigenvalue weighted by Crippen LogP contribution is -2.37. The molecule has 50 heavy (non-hydrogen) atoms. The fourth-order valence-corrected chi connectivity index (χ4v) is 8.55. The SMILES string of the molecule is c1ccc(C2(c3ccccc3)c3ccccc3N(c3cccc(-c4nc(-c5cccc6oc7ccccc7c56)ns4)c3)c3ccccc32)cc1. The van der Waals surface area contributed by atoms with E-state index in [2.05, 4.69) is 150 Å². The van der Waals surface area contributed by atoms with Gasteiger partial charge in [-0.15, -0.1) is 0 Å². The Morgan fingerprint density at radius 2 is 1.14 bits per heavy atom. The first-order valence-corrected chi connectivity index (χ1v) is 17.5. The molecule has 7 aromatic carbocycles. The summed E-state index contributed by atoms with van der Waals surface area (Å²) >= 11 is 1.42. The van der Waals surface area contributed by atoms with Crippen molar-refractivity contribution in [2.75, 3.05) is 4.90 Å². The molecule has 9 aromatic rings. The zero-order valence-electron chi connectivity index (χ0n) is 26.9. The van der Waals surface area contributed by atoms with Gasteiger partial charge >= 0.3 is 0 Å². The maximum atomic E-state index is 6.16. The molecule has 0 unspecified atom stereocenters. The number of para-hydroxylation sites is 3. The molecule has 236 valence electrons. The van der Waals surface area contributed by atoms with Crippen LogP contribution in [0.5, 0.6) is 0 Å². The quantitative estimate of drug-likeness (QED) is 0.184. The van der Waals surface area contributed by atoms with E-state index in [-0.39, 0.29) is 0 Å². The number of rotatable bonds is 5. The van der Waals surface area contributed by atoms with Crippen molar-refractivity contribution in [3.63, 3.8) is 0 Å². The number of furan rings is 1. The van der Waals surface area contributed by atoms with Gasteiger partial charge in [0.2, 0.25) is 0 Å². The number of fused-ring (bicyclic) bond motifs is 5. The minimum Gasteiger partial charge on any atom is -0.456 e. The molecule has 0 amide bonds. The zero-order chi connectivity index (χ0) is 33.1. The molecule has 1 aliphatic heterocycles. The first-order chi connectivity index (χ1) is 24.8. The van der Waals surface area contributed by atoms with Crippen molar-refractivity contribution in [2.45, 2.75) is 5.41 Å². The van der Waals surface area contributed by atoms with Crippen LogP contribution in [0.3, 0.4) is 0 Å². The molecule has 0 N–H and O–H groups in total. The van der Waals surface area contributed by atoms with Crippen LogP contribution in [0.25, 0.3) is 43.9 Å². The topological polar surface area (TPSA) is 42.2 Å². The molecule has 0 fully saturated rings. The molecular weight excluding hydrogens is 631 g/mol. The van der Waals surface area contributed by atoms with Crippen molar-refractivity contribution in [1.29, 1.82) is 0 Å². The average molecular weight is 660 g/mol. The summed E-state index contributed by atoms with van der Waals surface area (Å²) in [5, 5.41) is 2.98.